The minimum absolute atomic E-state index is 0.859. The van der Waals surface area contributed by atoms with E-state index < -0.39 is 0 Å². The molecular formula is C16H16N4. The van der Waals surface area contributed by atoms with Crippen molar-refractivity contribution >= 4 is 16.7 Å². The second kappa shape index (κ2) is 5.65. The Morgan fingerprint density at radius 1 is 1.05 bits per heavy atom. The molecule has 0 bridgehead atoms. The Hall–Kier alpha value is -2.49. The van der Waals surface area contributed by atoms with E-state index in [4.69, 9.17) is 0 Å². The normalized spacial score (nSPS) is 10.7. The third kappa shape index (κ3) is 2.45. The minimum atomic E-state index is 0.859. The Kier molecular flexibility index (Phi) is 3.54. The van der Waals surface area contributed by atoms with Gasteiger partial charge in [-0.1, -0.05) is 25.1 Å². The fourth-order valence-electron chi connectivity index (χ4n) is 2.18. The first-order valence-electron chi connectivity index (χ1n) is 6.78. The van der Waals surface area contributed by atoms with Crippen LogP contribution in [0.3, 0.4) is 0 Å². The third-order valence-corrected chi connectivity index (χ3v) is 3.14. The molecule has 2 heterocycles. The molecule has 1 N–H and O–H groups in total. The molecule has 0 aliphatic rings. The zero-order valence-corrected chi connectivity index (χ0v) is 11.4. The number of nitrogens with zero attached hydrogens (tertiary/aromatic N) is 3. The SMILES string of the molecule is CCCNc1cc(-c2cccc3ncccc23)ncn1. The molecule has 0 saturated carbocycles. The maximum absolute atomic E-state index is 4.39. The lowest BCUT2D eigenvalue weighted by atomic mass is 10.1. The highest BCUT2D eigenvalue weighted by Crippen LogP contribution is 2.26. The van der Waals surface area contributed by atoms with Crippen LogP contribution in [-0.2, 0) is 0 Å². The van der Waals surface area contributed by atoms with E-state index in [-0.39, 0.29) is 0 Å². The summed E-state index contributed by atoms with van der Waals surface area (Å²) in [7, 11) is 0. The summed E-state index contributed by atoms with van der Waals surface area (Å²) in [6, 6.07) is 12.1. The van der Waals surface area contributed by atoms with E-state index >= 15 is 0 Å². The van der Waals surface area contributed by atoms with Crippen molar-refractivity contribution in [3.05, 3.63) is 48.9 Å². The molecule has 3 aromatic rings. The van der Waals surface area contributed by atoms with Crippen LogP contribution in [0, 0.1) is 0 Å². The average molecular weight is 264 g/mol. The molecule has 0 atom stereocenters. The third-order valence-electron chi connectivity index (χ3n) is 3.14. The van der Waals surface area contributed by atoms with Gasteiger partial charge in [0.25, 0.3) is 0 Å². The van der Waals surface area contributed by atoms with Crippen LogP contribution in [0.15, 0.2) is 48.9 Å². The number of rotatable bonds is 4. The molecule has 100 valence electrons. The van der Waals surface area contributed by atoms with Crippen LogP contribution in [0.1, 0.15) is 13.3 Å². The van der Waals surface area contributed by atoms with Gasteiger partial charge in [-0.2, -0.15) is 0 Å². The van der Waals surface area contributed by atoms with Crippen molar-refractivity contribution in [3.63, 3.8) is 0 Å². The van der Waals surface area contributed by atoms with E-state index in [0.29, 0.717) is 0 Å². The van der Waals surface area contributed by atoms with Crippen molar-refractivity contribution in [1.82, 2.24) is 15.0 Å². The molecule has 4 nitrogen and oxygen atoms in total. The molecule has 4 heteroatoms. The van der Waals surface area contributed by atoms with Gasteiger partial charge in [0.1, 0.15) is 12.1 Å². The highest BCUT2D eigenvalue weighted by molar-refractivity contribution is 5.93. The van der Waals surface area contributed by atoms with E-state index in [2.05, 4.69) is 39.3 Å². The average Bonchev–Trinajstić information content (AvgIpc) is 2.52. The molecule has 0 aliphatic carbocycles. The molecule has 0 spiro atoms. The molecule has 0 saturated heterocycles. The summed E-state index contributed by atoms with van der Waals surface area (Å²) >= 11 is 0. The van der Waals surface area contributed by atoms with Crippen molar-refractivity contribution in [2.24, 2.45) is 0 Å². The number of pyridine rings is 1. The van der Waals surface area contributed by atoms with Crippen LogP contribution in [-0.4, -0.2) is 21.5 Å². The molecule has 1 aromatic carbocycles. The second-order valence-electron chi connectivity index (χ2n) is 4.59. The second-order valence-corrected chi connectivity index (χ2v) is 4.59. The summed E-state index contributed by atoms with van der Waals surface area (Å²) in [5.74, 6) is 0.859. The highest BCUT2D eigenvalue weighted by Gasteiger charge is 2.06. The van der Waals surface area contributed by atoms with Gasteiger partial charge in [0, 0.05) is 29.8 Å². The van der Waals surface area contributed by atoms with Gasteiger partial charge in [-0.05, 0) is 18.6 Å². The standard InChI is InChI=1S/C16H16N4/c1-2-8-18-16-10-15(19-11-20-16)13-5-3-7-14-12(13)6-4-9-17-14/h3-7,9-11H,2,8H2,1H3,(H,18,19,20). The summed E-state index contributed by atoms with van der Waals surface area (Å²) in [6.45, 7) is 3.04. The molecule has 3 rings (SSSR count). The highest BCUT2D eigenvalue weighted by atomic mass is 15.0. The number of anilines is 1. The van der Waals surface area contributed by atoms with Crippen LogP contribution >= 0.6 is 0 Å². The van der Waals surface area contributed by atoms with Crippen LogP contribution < -0.4 is 5.32 Å². The Morgan fingerprint density at radius 3 is 2.90 bits per heavy atom. The topological polar surface area (TPSA) is 50.7 Å². The largest absolute Gasteiger partial charge is 0.370 e. The van der Waals surface area contributed by atoms with E-state index in [1.54, 1.807) is 12.5 Å². The van der Waals surface area contributed by atoms with E-state index in [1.807, 2.05) is 24.3 Å². The molecule has 0 radical (unpaired) electrons. The fourth-order valence-corrected chi connectivity index (χ4v) is 2.18. The summed E-state index contributed by atoms with van der Waals surface area (Å²) in [4.78, 5) is 13.0. The first-order valence-corrected chi connectivity index (χ1v) is 6.78. The number of nitrogens with one attached hydrogen (secondary N) is 1. The predicted molar refractivity (Wildman–Crippen MR) is 81.5 cm³/mol. The van der Waals surface area contributed by atoms with Gasteiger partial charge in [-0.25, -0.2) is 9.97 Å². The summed E-state index contributed by atoms with van der Waals surface area (Å²) < 4.78 is 0. The van der Waals surface area contributed by atoms with Crippen molar-refractivity contribution in [3.8, 4) is 11.3 Å². The molecule has 0 unspecified atom stereocenters. The van der Waals surface area contributed by atoms with Crippen LogP contribution in [0.4, 0.5) is 5.82 Å². The Balaban J connectivity index is 2.06. The fraction of sp³-hybridized carbons (Fsp3) is 0.188. The lowest BCUT2D eigenvalue weighted by Crippen LogP contribution is -2.02. The summed E-state index contributed by atoms with van der Waals surface area (Å²) in [6.07, 6.45) is 4.47. The predicted octanol–water partition coefficient (Wildman–Crippen LogP) is 3.51. The van der Waals surface area contributed by atoms with Crippen LogP contribution in [0.5, 0.6) is 0 Å². The van der Waals surface area contributed by atoms with Crippen molar-refractivity contribution in [1.29, 1.82) is 0 Å². The van der Waals surface area contributed by atoms with E-state index in [9.17, 15) is 0 Å². The van der Waals surface area contributed by atoms with E-state index in [0.717, 1.165) is 40.9 Å². The lowest BCUT2D eigenvalue weighted by molar-refractivity contribution is 0.965. The molecule has 0 amide bonds. The molecular weight excluding hydrogens is 248 g/mol. The quantitative estimate of drug-likeness (QED) is 0.783. The van der Waals surface area contributed by atoms with Crippen LogP contribution in [0.25, 0.3) is 22.2 Å². The van der Waals surface area contributed by atoms with Gasteiger partial charge >= 0.3 is 0 Å². The van der Waals surface area contributed by atoms with E-state index in [1.165, 1.54) is 0 Å². The maximum atomic E-state index is 4.39. The first kappa shape index (κ1) is 12.5. The molecule has 20 heavy (non-hydrogen) atoms. The zero-order valence-electron chi connectivity index (χ0n) is 11.4. The van der Waals surface area contributed by atoms with Crippen molar-refractivity contribution in [2.45, 2.75) is 13.3 Å². The van der Waals surface area contributed by atoms with Gasteiger partial charge < -0.3 is 5.32 Å². The van der Waals surface area contributed by atoms with Crippen molar-refractivity contribution in [2.75, 3.05) is 11.9 Å². The van der Waals surface area contributed by atoms with Crippen molar-refractivity contribution < 1.29 is 0 Å². The number of aromatic nitrogens is 3. The Morgan fingerprint density at radius 2 is 2.00 bits per heavy atom. The van der Waals surface area contributed by atoms with Gasteiger partial charge in [-0.15, -0.1) is 0 Å². The van der Waals surface area contributed by atoms with Gasteiger partial charge in [0.15, 0.2) is 0 Å². The molecule has 2 aromatic heterocycles. The number of benzene rings is 1. The first-order chi connectivity index (χ1) is 9.88. The Labute approximate surface area is 117 Å². The van der Waals surface area contributed by atoms with Gasteiger partial charge in [0.2, 0.25) is 0 Å². The van der Waals surface area contributed by atoms with Gasteiger partial charge in [0.05, 0.1) is 11.2 Å². The lowest BCUT2D eigenvalue weighted by Gasteiger charge is -2.08. The number of fused-ring (bicyclic) bond motifs is 1. The molecule has 0 aliphatic heterocycles. The smallest absolute Gasteiger partial charge is 0.129 e. The Bertz CT molecular complexity index is 719. The minimum Gasteiger partial charge on any atom is -0.370 e. The maximum Gasteiger partial charge on any atom is 0.129 e. The summed E-state index contributed by atoms with van der Waals surface area (Å²) in [5.41, 5.74) is 2.97. The summed E-state index contributed by atoms with van der Waals surface area (Å²) in [5, 5.41) is 4.39. The van der Waals surface area contributed by atoms with Gasteiger partial charge in [-0.3, -0.25) is 4.98 Å². The number of hydrogen-bond acceptors (Lipinski definition) is 4. The zero-order chi connectivity index (χ0) is 13.8. The number of hydrogen-bond donors (Lipinski definition) is 1. The molecule has 0 fully saturated rings. The monoisotopic (exact) mass is 264 g/mol. The van der Waals surface area contributed by atoms with Crippen LogP contribution in [0.2, 0.25) is 0 Å².